The van der Waals surface area contributed by atoms with Crippen LogP contribution in [0.1, 0.15) is 18.1 Å². The summed E-state index contributed by atoms with van der Waals surface area (Å²) in [6, 6.07) is 9.20. The lowest BCUT2D eigenvalue weighted by Crippen LogP contribution is -2.52. The predicted molar refractivity (Wildman–Crippen MR) is 93.7 cm³/mol. The van der Waals surface area contributed by atoms with Gasteiger partial charge >= 0.3 is 0 Å². The molecular formula is C18H21N5O2. The monoisotopic (exact) mass is 339 g/mol. The molecule has 2 amide bonds. The lowest BCUT2D eigenvalue weighted by molar-refractivity contribution is -0.140. The highest BCUT2D eigenvalue weighted by molar-refractivity contribution is 5.87. The van der Waals surface area contributed by atoms with Gasteiger partial charge in [-0.05, 0) is 17.2 Å². The van der Waals surface area contributed by atoms with Gasteiger partial charge in [0.15, 0.2) is 0 Å². The Kier molecular flexibility index (Phi) is 5.23. The number of aromatic nitrogens is 2. The van der Waals surface area contributed by atoms with Gasteiger partial charge < -0.3 is 15.5 Å². The van der Waals surface area contributed by atoms with Gasteiger partial charge in [0, 0.05) is 45.4 Å². The van der Waals surface area contributed by atoms with Crippen LogP contribution in [0.5, 0.6) is 0 Å². The van der Waals surface area contributed by atoms with Crippen molar-refractivity contribution in [2.24, 2.45) is 0 Å². The number of carbonyl (C=O) groups excluding carboxylic acids is 2. The third-order valence-corrected chi connectivity index (χ3v) is 4.23. The molecule has 3 rings (SSSR count). The van der Waals surface area contributed by atoms with Crippen molar-refractivity contribution in [1.82, 2.24) is 20.2 Å². The molecule has 7 heteroatoms. The summed E-state index contributed by atoms with van der Waals surface area (Å²) in [7, 11) is 0. The van der Waals surface area contributed by atoms with Crippen LogP contribution < -0.4 is 10.6 Å². The summed E-state index contributed by atoms with van der Waals surface area (Å²) in [5.74, 6) is 0.291. The summed E-state index contributed by atoms with van der Waals surface area (Å²) in [6.45, 7) is 2.92. The summed E-state index contributed by atoms with van der Waals surface area (Å²) in [5, 5.41) is 5.92. The third-order valence-electron chi connectivity index (χ3n) is 4.23. The number of hydrogen-bond acceptors (Lipinski definition) is 5. The van der Waals surface area contributed by atoms with Crippen molar-refractivity contribution in [3.05, 3.63) is 53.9 Å². The molecule has 2 N–H and O–H groups in total. The molecule has 0 aliphatic carbocycles. The van der Waals surface area contributed by atoms with E-state index in [1.165, 1.54) is 6.92 Å². The van der Waals surface area contributed by atoms with Gasteiger partial charge in [0.2, 0.25) is 17.8 Å². The maximum atomic E-state index is 12.6. The van der Waals surface area contributed by atoms with Gasteiger partial charge in [0.1, 0.15) is 6.04 Å². The molecule has 1 aliphatic heterocycles. The molecule has 1 atom stereocenters. The molecule has 2 aromatic rings. The SMILES string of the molecule is CC(=O)N1Cc2ccccc2CC1C(=O)NCCNc1ncccn1. The first-order chi connectivity index (χ1) is 12.1. The van der Waals surface area contributed by atoms with E-state index in [4.69, 9.17) is 0 Å². The standard InChI is InChI=1S/C18H21N5O2/c1-13(24)23-12-15-6-3-2-5-14(15)11-16(23)17(25)19-9-10-22-18-20-7-4-8-21-18/h2-8,16H,9-12H2,1H3,(H,19,25)(H,20,21,22). The second-order valence-electron chi connectivity index (χ2n) is 5.93. The fourth-order valence-electron chi connectivity index (χ4n) is 2.96. The molecule has 1 unspecified atom stereocenters. The van der Waals surface area contributed by atoms with E-state index in [-0.39, 0.29) is 11.8 Å². The summed E-state index contributed by atoms with van der Waals surface area (Å²) >= 11 is 0. The first kappa shape index (κ1) is 16.9. The summed E-state index contributed by atoms with van der Waals surface area (Å²) < 4.78 is 0. The van der Waals surface area contributed by atoms with Crippen LogP contribution in [0.4, 0.5) is 5.95 Å². The van der Waals surface area contributed by atoms with Gasteiger partial charge in [0.05, 0.1) is 0 Å². The maximum absolute atomic E-state index is 12.6. The molecule has 0 fully saturated rings. The molecule has 1 aromatic carbocycles. The van der Waals surface area contributed by atoms with Crippen molar-refractivity contribution in [1.29, 1.82) is 0 Å². The minimum atomic E-state index is -0.472. The average Bonchev–Trinajstić information content (AvgIpc) is 2.64. The van der Waals surface area contributed by atoms with Crippen molar-refractivity contribution in [2.75, 3.05) is 18.4 Å². The van der Waals surface area contributed by atoms with E-state index in [0.717, 1.165) is 11.1 Å². The van der Waals surface area contributed by atoms with E-state index in [1.54, 1.807) is 23.4 Å². The van der Waals surface area contributed by atoms with Gasteiger partial charge in [-0.3, -0.25) is 9.59 Å². The van der Waals surface area contributed by atoms with Gasteiger partial charge in [-0.15, -0.1) is 0 Å². The molecule has 0 bridgehead atoms. The smallest absolute Gasteiger partial charge is 0.243 e. The maximum Gasteiger partial charge on any atom is 0.243 e. The van der Waals surface area contributed by atoms with Crippen molar-refractivity contribution in [3.63, 3.8) is 0 Å². The first-order valence-electron chi connectivity index (χ1n) is 8.28. The third kappa shape index (κ3) is 4.12. The van der Waals surface area contributed by atoms with Gasteiger partial charge in [-0.25, -0.2) is 9.97 Å². The Bertz CT molecular complexity index is 750. The fourth-order valence-corrected chi connectivity index (χ4v) is 2.96. The van der Waals surface area contributed by atoms with Gasteiger partial charge in [-0.1, -0.05) is 24.3 Å². The molecule has 2 heterocycles. The molecule has 0 spiro atoms. The zero-order valence-corrected chi connectivity index (χ0v) is 14.1. The minimum absolute atomic E-state index is 0.0922. The predicted octanol–water partition coefficient (Wildman–Crippen LogP) is 0.978. The number of anilines is 1. The van der Waals surface area contributed by atoms with Gasteiger partial charge in [-0.2, -0.15) is 0 Å². The van der Waals surface area contributed by atoms with Crippen LogP contribution in [0.15, 0.2) is 42.7 Å². The molecule has 1 aliphatic rings. The van der Waals surface area contributed by atoms with Crippen LogP contribution in [-0.4, -0.2) is 45.8 Å². The normalized spacial score (nSPS) is 16.0. The van der Waals surface area contributed by atoms with Crippen LogP contribution >= 0.6 is 0 Å². The topological polar surface area (TPSA) is 87.2 Å². The number of rotatable bonds is 5. The fraction of sp³-hybridized carbons (Fsp3) is 0.333. The van der Waals surface area contributed by atoms with Gasteiger partial charge in [0.25, 0.3) is 0 Å². The number of amides is 2. The lowest BCUT2D eigenvalue weighted by Gasteiger charge is -2.35. The van der Waals surface area contributed by atoms with Crippen molar-refractivity contribution in [3.8, 4) is 0 Å². The van der Waals surface area contributed by atoms with E-state index in [0.29, 0.717) is 32.0 Å². The number of hydrogen-bond donors (Lipinski definition) is 2. The Morgan fingerprint density at radius 3 is 2.56 bits per heavy atom. The van der Waals surface area contributed by atoms with Crippen LogP contribution in [0.2, 0.25) is 0 Å². The Balaban J connectivity index is 1.57. The second kappa shape index (κ2) is 7.74. The Hall–Kier alpha value is -2.96. The molecule has 0 radical (unpaired) electrons. The van der Waals surface area contributed by atoms with Crippen LogP contribution in [0, 0.1) is 0 Å². The van der Waals surface area contributed by atoms with E-state index in [2.05, 4.69) is 20.6 Å². The largest absolute Gasteiger partial charge is 0.353 e. The van der Waals surface area contributed by atoms with Crippen LogP contribution in [0.3, 0.4) is 0 Å². The number of benzene rings is 1. The van der Waals surface area contributed by atoms with Crippen molar-refractivity contribution in [2.45, 2.75) is 25.9 Å². The van der Waals surface area contributed by atoms with Crippen LogP contribution in [0.25, 0.3) is 0 Å². The molecule has 1 aromatic heterocycles. The summed E-state index contributed by atoms with van der Waals surface area (Å²) in [5.41, 5.74) is 2.22. The highest BCUT2D eigenvalue weighted by Gasteiger charge is 2.32. The number of nitrogens with zero attached hydrogens (tertiary/aromatic N) is 3. The van der Waals surface area contributed by atoms with Crippen molar-refractivity contribution >= 4 is 17.8 Å². The van der Waals surface area contributed by atoms with E-state index in [1.807, 2.05) is 24.3 Å². The second-order valence-corrected chi connectivity index (χ2v) is 5.93. The van der Waals surface area contributed by atoms with Crippen LogP contribution in [-0.2, 0) is 22.6 Å². The zero-order chi connectivity index (χ0) is 17.6. The van der Waals surface area contributed by atoms with E-state index in [9.17, 15) is 9.59 Å². The summed E-state index contributed by atoms with van der Waals surface area (Å²) in [6.07, 6.45) is 3.84. The molecule has 25 heavy (non-hydrogen) atoms. The number of nitrogens with one attached hydrogen (secondary N) is 2. The molecule has 0 saturated carbocycles. The first-order valence-corrected chi connectivity index (χ1v) is 8.28. The highest BCUT2D eigenvalue weighted by atomic mass is 16.2. The molecular weight excluding hydrogens is 318 g/mol. The Morgan fingerprint density at radius 2 is 1.84 bits per heavy atom. The lowest BCUT2D eigenvalue weighted by atomic mass is 9.93. The summed E-state index contributed by atoms with van der Waals surface area (Å²) in [4.78, 5) is 34.3. The molecule has 130 valence electrons. The molecule has 7 nitrogen and oxygen atoms in total. The zero-order valence-electron chi connectivity index (χ0n) is 14.1. The minimum Gasteiger partial charge on any atom is -0.353 e. The Morgan fingerprint density at radius 1 is 1.12 bits per heavy atom. The number of carbonyl (C=O) groups is 2. The number of fused-ring (bicyclic) bond motifs is 1. The van der Waals surface area contributed by atoms with E-state index >= 15 is 0 Å². The van der Waals surface area contributed by atoms with E-state index < -0.39 is 6.04 Å². The Labute approximate surface area is 146 Å². The van der Waals surface area contributed by atoms with Crippen molar-refractivity contribution < 1.29 is 9.59 Å². The highest BCUT2D eigenvalue weighted by Crippen LogP contribution is 2.23. The quantitative estimate of drug-likeness (QED) is 0.793. The average molecular weight is 339 g/mol. The molecule has 0 saturated heterocycles.